The molecule has 0 spiro atoms. The highest BCUT2D eigenvalue weighted by Gasteiger charge is 2.60. The number of carbonyl (C=O) groups is 5. The van der Waals surface area contributed by atoms with Crippen LogP contribution in [0, 0.1) is 0 Å². The van der Waals surface area contributed by atoms with Gasteiger partial charge in [-0.1, -0.05) is 43.5 Å². The lowest BCUT2D eigenvalue weighted by molar-refractivity contribution is -0.436. The number of aromatic carboxylic acids is 1. The molecular weight excluding hydrogens is 1020 g/mol. The van der Waals surface area contributed by atoms with Crippen LogP contribution in [0.1, 0.15) is 101 Å². The minimum Gasteiger partial charge on any atom is -0.486 e. The maximum Gasteiger partial charge on any atom is 0.335 e. The van der Waals surface area contributed by atoms with Crippen molar-refractivity contribution in [3.63, 3.8) is 0 Å². The van der Waals surface area contributed by atoms with E-state index in [1.54, 1.807) is 36.4 Å². The quantitative estimate of drug-likeness (QED) is 0.0299. The first-order chi connectivity index (χ1) is 36.8. The molecule has 2 amide bonds. The van der Waals surface area contributed by atoms with E-state index in [4.69, 9.17) is 33.2 Å². The predicted octanol–water partition coefficient (Wildman–Crippen LogP) is -1.31. The van der Waals surface area contributed by atoms with Gasteiger partial charge in [-0.2, -0.15) is 0 Å². The summed E-state index contributed by atoms with van der Waals surface area (Å²) in [6.07, 6.45) is -17.1. The lowest BCUT2D eigenvalue weighted by atomic mass is 9.92. The van der Waals surface area contributed by atoms with Crippen molar-refractivity contribution in [1.82, 2.24) is 10.6 Å². The van der Waals surface area contributed by atoms with Gasteiger partial charge in [-0.25, -0.2) is 4.79 Å². The third kappa shape index (κ3) is 18.2. The molecule has 25 nitrogen and oxygen atoms in total. The second-order valence-corrected chi connectivity index (χ2v) is 19.4. The zero-order valence-electron chi connectivity index (χ0n) is 43.0. The summed E-state index contributed by atoms with van der Waals surface area (Å²) in [5, 5.41) is 121. The third-order valence-electron chi connectivity index (χ3n) is 13.5. The maximum absolute atomic E-state index is 12.6. The minimum absolute atomic E-state index is 0.0178. The van der Waals surface area contributed by atoms with Gasteiger partial charge in [0.2, 0.25) is 17.6 Å². The van der Waals surface area contributed by atoms with E-state index in [0.29, 0.717) is 70.1 Å². The van der Waals surface area contributed by atoms with Crippen molar-refractivity contribution in [2.24, 2.45) is 0 Å². The van der Waals surface area contributed by atoms with E-state index in [1.807, 2.05) is 6.07 Å². The number of benzene rings is 2. The Hall–Kier alpha value is -4.65. The molecule has 15 atom stereocenters. The fourth-order valence-electron chi connectivity index (χ4n) is 9.08. The van der Waals surface area contributed by atoms with E-state index >= 15 is 0 Å². The molecule has 77 heavy (non-hydrogen) atoms. The van der Waals surface area contributed by atoms with Gasteiger partial charge in [0.1, 0.15) is 85.2 Å². The van der Waals surface area contributed by atoms with E-state index in [2.05, 4.69) is 10.6 Å². The first-order valence-corrected chi connectivity index (χ1v) is 26.0. The van der Waals surface area contributed by atoms with Gasteiger partial charge in [0, 0.05) is 45.8 Å². The molecule has 3 heterocycles. The molecule has 0 aliphatic carbocycles. The van der Waals surface area contributed by atoms with Crippen molar-refractivity contribution in [1.29, 1.82) is 0 Å². The fourth-order valence-corrected chi connectivity index (χ4v) is 9.08. The SMILES string of the molecule is CC(=O)NC1[C@H](OCCCCC(=O)CCCCCNC(=O)CCCCCCC(=O)COc2ccc(-c3cccc(C(=O)O)c3)cc2)OC(CO)[C@@](O)(O[C@@H]2OC(CO)[C@H](O)[C@H](O[C@H]3OC(CO)[C@H](O)[C@H](O)C3O)C2O)[C@@H]1O. The van der Waals surface area contributed by atoms with Crippen molar-refractivity contribution >= 4 is 29.4 Å². The van der Waals surface area contributed by atoms with Crippen LogP contribution in [0.4, 0.5) is 0 Å². The number of nitrogens with one attached hydrogen (secondary N) is 2. The number of hydrogen-bond donors (Lipinski definition) is 13. The number of ether oxygens (including phenoxy) is 7. The summed E-state index contributed by atoms with van der Waals surface area (Å²) >= 11 is 0. The zero-order valence-corrected chi connectivity index (χ0v) is 43.0. The summed E-state index contributed by atoms with van der Waals surface area (Å²) in [4.78, 5) is 60.8. The van der Waals surface area contributed by atoms with Gasteiger partial charge in [-0.05, 0) is 73.9 Å². The molecule has 3 saturated heterocycles. The van der Waals surface area contributed by atoms with Gasteiger partial charge in [0.15, 0.2) is 24.7 Å². The standard InChI is InChI=1S/C52H76N2O23/c1-29(58)54-40-47(67)52(70,77-51-45(66)46(42(63)37(26-56)74-51)76-50-44(65)43(64)41(62)36(25-55)73-50)38(27-57)75-49(40)71-23-10-8-15-33(59)14-6-4-9-22-53-39(61)17-7-3-2-5-16-34(60)28-72-35-20-18-30(19-21-35)31-12-11-13-32(24-31)48(68)69/h11-13,18-21,24,36-38,40-47,49-51,55-57,62-67,70H,2-10,14-17,22-23,25-28H2,1H3,(H,53,61)(H,54,58)(H,68,69)/t36?,37?,38?,40?,41-,42-,43-,44?,45?,46-,47+,49+,50+,51-,52+/m0/s1. The smallest absolute Gasteiger partial charge is 0.335 e. The summed E-state index contributed by atoms with van der Waals surface area (Å²) in [6, 6.07) is 12.1. The van der Waals surface area contributed by atoms with E-state index in [1.165, 1.54) is 6.07 Å². The zero-order chi connectivity index (χ0) is 56.2. The maximum atomic E-state index is 12.6. The number of rotatable bonds is 32. The Balaban J connectivity index is 0.931. The second kappa shape index (κ2) is 31.2. The first-order valence-electron chi connectivity index (χ1n) is 26.0. The van der Waals surface area contributed by atoms with Crippen LogP contribution in [0.5, 0.6) is 5.75 Å². The lowest BCUT2D eigenvalue weighted by Crippen LogP contribution is -2.74. The topological polar surface area (TPSA) is 397 Å². The second-order valence-electron chi connectivity index (χ2n) is 19.4. The third-order valence-corrected chi connectivity index (χ3v) is 13.5. The molecule has 3 aliphatic heterocycles. The number of ketones is 2. The van der Waals surface area contributed by atoms with Crippen LogP contribution >= 0.6 is 0 Å². The van der Waals surface area contributed by atoms with Crippen LogP contribution in [0.2, 0.25) is 0 Å². The summed E-state index contributed by atoms with van der Waals surface area (Å²) in [7, 11) is 0. The summed E-state index contributed by atoms with van der Waals surface area (Å²) in [5.41, 5.74) is 1.77. The molecule has 13 N–H and O–H groups in total. The van der Waals surface area contributed by atoms with Crippen LogP contribution in [0.15, 0.2) is 48.5 Å². The number of amides is 2. The van der Waals surface area contributed by atoms with E-state index < -0.39 is 123 Å². The number of hydrogen-bond acceptors (Lipinski definition) is 22. The number of Topliss-reactive ketones (excluding diaryl/α,β-unsaturated/α-hetero) is 2. The van der Waals surface area contributed by atoms with Crippen LogP contribution < -0.4 is 15.4 Å². The number of unbranched alkanes of at least 4 members (excludes halogenated alkanes) is 6. The summed E-state index contributed by atoms with van der Waals surface area (Å²) in [5.74, 6) is -4.26. The van der Waals surface area contributed by atoms with Gasteiger partial charge < -0.3 is 100.0 Å². The van der Waals surface area contributed by atoms with Crippen molar-refractivity contribution in [3.05, 3.63) is 54.1 Å². The van der Waals surface area contributed by atoms with Gasteiger partial charge in [-0.3, -0.25) is 19.2 Å². The molecule has 0 saturated carbocycles. The number of carboxylic acid groups (broad SMARTS) is 1. The molecule has 6 unspecified atom stereocenters. The van der Waals surface area contributed by atoms with Crippen LogP contribution in [-0.4, -0.2) is 217 Å². The minimum atomic E-state index is -3.01. The van der Waals surface area contributed by atoms with Crippen LogP contribution in [-0.2, 0) is 47.6 Å². The lowest BCUT2D eigenvalue weighted by Gasteiger charge is -2.52. The average Bonchev–Trinajstić information content (AvgIpc) is 3.44. The molecule has 3 aliphatic rings. The molecule has 0 radical (unpaired) electrons. The Labute approximate surface area is 445 Å². The average molecular weight is 1100 g/mol. The molecule has 2 aromatic carbocycles. The monoisotopic (exact) mass is 1100 g/mol. The van der Waals surface area contributed by atoms with E-state index in [-0.39, 0.29) is 42.7 Å². The van der Waals surface area contributed by atoms with Gasteiger partial charge >= 0.3 is 5.97 Å². The summed E-state index contributed by atoms with van der Waals surface area (Å²) < 4.78 is 39.2. The van der Waals surface area contributed by atoms with Crippen molar-refractivity contribution in [2.75, 3.05) is 39.6 Å². The Morgan fingerprint density at radius 2 is 1.26 bits per heavy atom. The molecule has 25 heteroatoms. The van der Waals surface area contributed by atoms with Gasteiger partial charge in [0.05, 0.1) is 25.4 Å². The van der Waals surface area contributed by atoms with Crippen LogP contribution in [0.3, 0.4) is 0 Å². The Kier molecular flexibility index (Phi) is 25.6. The predicted molar refractivity (Wildman–Crippen MR) is 265 cm³/mol. The molecule has 0 aromatic heterocycles. The fraction of sp³-hybridized carbons (Fsp3) is 0.673. The summed E-state index contributed by atoms with van der Waals surface area (Å²) in [6.45, 7) is -1.34. The van der Waals surface area contributed by atoms with Gasteiger partial charge in [-0.15, -0.1) is 0 Å². The molecule has 0 bridgehead atoms. The first kappa shape index (κ1) is 63.2. The number of aliphatic hydroxyl groups excluding tert-OH is 9. The van der Waals surface area contributed by atoms with Crippen LogP contribution in [0.25, 0.3) is 11.1 Å². The van der Waals surface area contributed by atoms with Crippen molar-refractivity contribution in [3.8, 4) is 16.9 Å². The Bertz CT molecular complexity index is 2170. The molecular formula is C52H76N2O23. The number of carbonyl (C=O) groups excluding carboxylic acids is 4. The van der Waals surface area contributed by atoms with E-state index in [0.717, 1.165) is 37.3 Å². The highest BCUT2D eigenvalue weighted by atomic mass is 16.8. The largest absolute Gasteiger partial charge is 0.486 e. The number of aliphatic hydroxyl groups is 10. The molecule has 2 aromatic rings. The number of carboxylic acids is 1. The Morgan fingerprint density at radius 1 is 0.636 bits per heavy atom. The molecule has 3 fully saturated rings. The molecule has 5 rings (SSSR count). The normalized spacial score (nSPS) is 30.3. The van der Waals surface area contributed by atoms with Gasteiger partial charge in [0.25, 0.3) is 0 Å². The van der Waals surface area contributed by atoms with E-state index in [9.17, 15) is 80.1 Å². The highest BCUT2D eigenvalue weighted by Crippen LogP contribution is 2.37. The highest BCUT2D eigenvalue weighted by molar-refractivity contribution is 5.89. The van der Waals surface area contributed by atoms with Crippen molar-refractivity contribution in [2.45, 2.75) is 182 Å². The molecule has 432 valence electrons. The Morgan fingerprint density at radius 3 is 1.91 bits per heavy atom. The van der Waals surface area contributed by atoms with Crippen molar-refractivity contribution < 1.29 is 113 Å².